The Hall–Kier alpha value is -1.23. The van der Waals surface area contributed by atoms with Crippen molar-refractivity contribution in [3.05, 3.63) is 12.0 Å². The van der Waals surface area contributed by atoms with Crippen LogP contribution in [0.15, 0.2) is 6.33 Å². The Morgan fingerprint density at radius 1 is 1.20 bits per heavy atom. The molecule has 1 fully saturated rings. The number of nitrogens with zero attached hydrogens (tertiary/aromatic N) is 2. The van der Waals surface area contributed by atoms with Crippen molar-refractivity contribution < 1.29 is 60.7 Å². The van der Waals surface area contributed by atoms with Crippen LogP contribution >= 0.6 is 23.5 Å². The Morgan fingerprint density at radius 2 is 1.90 bits per heavy atom. The Bertz CT molecular complexity index is 962. The number of carbonyl (C=O) groups is 1. The number of carbonyl (C=O) groups excluding carboxylic acids is 1. The third-order valence-corrected chi connectivity index (χ3v) is 7.22. The fourth-order valence-electron chi connectivity index (χ4n) is 2.42. The van der Waals surface area contributed by atoms with Gasteiger partial charge in [-0.05, 0) is 0 Å². The highest BCUT2D eigenvalue weighted by Crippen LogP contribution is 2.66. The van der Waals surface area contributed by atoms with Gasteiger partial charge in [0.15, 0.2) is 24.5 Å². The van der Waals surface area contributed by atoms with Crippen molar-refractivity contribution in [2.45, 2.75) is 18.8 Å². The summed E-state index contributed by atoms with van der Waals surface area (Å²) in [6.45, 7) is -0.893. The maximum Gasteiger partial charge on any atom is 0.490 e. The summed E-state index contributed by atoms with van der Waals surface area (Å²) in [5.74, 6) is -0.272. The molecule has 1 amide bonds. The van der Waals surface area contributed by atoms with E-state index in [0.29, 0.717) is 0 Å². The Labute approximate surface area is 166 Å². The zero-order valence-corrected chi connectivity index (χ0v) is 17.2. The summed E-state index contributed by atoms with van der Waals surface area (Å²) in [4.78, 5) is 51.2. The molecular formula is C9H16N5O13P3. The number of hydrogen-bond acceptors (Lipinski definition) is 12. The highest BCUT2D eigenvalue weighted by Gasteiger charge is 2.42. The topological polar surface area (TPSA) is 263 Å². The number of fused-ring (bicyclic) bond motifs is 1. The smallest absolute Gasteiger partial charge is 0.345 e. The van der Waals surface area contributed by atoms with E-state index in [9.17, 15) is 23.4 Å². The lowest BCUT2D eigenvalue weighted by atomic mass is 10.3. The SMILES string of the molecule is NC1NC(=O)c2ncn(C3COC(COP(=O)(O)OP(=O)(O)OP(=O)(O)O)O3)c2N1. The number of hydrogen-bond donors (Lipinski definition) is 7. The van der Waals surface area contributed by atoms with Crippen LogP contribution < -0.4 is 16.4 Å². The average Bonchev–Trinajstić information content (AvgIpc) is 3.15. The molecule has 1 aromatic heterocycles. The second kappa shape index (κ2) is 8.37. The van der Waals surface area contributed by atoms with Gasteiger partial charge in [0, 0.05) is 0 Å². The minimum atomic E-state index is -5.63. The van der Waals surface area contributed by atoms with Gasteiger partial charge in [-0.2, -0.15) is 8.62 Å². The van der Waals surface area contributed by atoms with Gasteiger partial charge in [-0.25, -0.2) is 18.7 Å². The number of anilines is 1. The van der Waals surface area contributed by atoms with Crippen molar-refractivity contribution >= 4 is 35.2 Å². The van der Waals surface area contributed by atoms with Crippen molar-refractivity contribution in [2.24, 2.45) is 5.73 Å². The zero-order chi connectivity index (χ0) is 22.3. The van der Waals surface area contributed by atoms with E-state index in [-0.39, 0.29) is 18.1 Å². The molecule has 8 N–H and O–H groups in total. The molecule has 3 heterocycles. The number of nitrogens with two attached hydrogens (primary N) is 1. The number of amides is 1. The van der Waals surface area contributed by atoms with Crippen molar-refractivity contribution in [1.82, 2.24) is 14.9 Å². The molecule has 170 valence electrons. The van der Waals surface area contributed by atoms with Crippen LogP contribution in [0.2, 0.25) is 0 Å². The lowest BCUT2D eigenvalue weighted by molar-refractivity contribution is -0.0964. The van der Waals surface area contributed by atoms with Crippen LogP contribution in [0.25, 0.3) is 0 Å². The van der Waals surface area contributed by atoms with Gasteiger partial charge in [0.1, 0.15) is 12.4 Å². The van der Waals surface area contributed by atoms with E-state index in [2.05, 4.69) is 28.8 Å². The normalized spacial score (nSPS) is 28.2. The van der Waals surface area contributed by atoms with Gasteiger partial charge in [0.25, 0.3) is 5.91 Å². The van der Waals surface area contributed by atoms with Gasteiger partial charge in [-0.3, -0.25) is 19.6 Å². The molecule has 21 heteroatoms. The predicted octanol–water partition coefficient (Wildman–Crippen LogP) is -1.50. The van der Waals surface area contributed by atoms with Gasteiger partial charge in [-0.15, -0.1) is 0 Å². The molecule has 1 saturated heterocycles. The summed E-state index contributed by atoms with van der Waals surface area (Å²) in [6, 6.07) is 0. The Kier molecular flexibility index (Phi) is 6.54. The fourth-order valence-corrected chi connectivity index (χ4v) is 5.42. The van der Waals surface area contributed by atoms with Crippen molar-refractivity contribution in [2.75, 3.05) is 18.5 Å². The molecule has 3 rings (SSSR count). The third-order valence-electron chi connectivity index (χ3n) is 3.42. The molecule has 0 aromatic carbocycles. The van der Waals surface area contributed by atoms with Crippen LogP contribution in [-0.2, 0) is 36.3 Å². The minimum absolute atomic E-state index is 0.0528. The number of phosphoric ester groups is 1. The third kappa shape index (κ3) is 5.93. The lowest BCUT2D eigenvalue weighted by Crippen LogP contribution is -2.51. The van der Waals surface area contributed by atoms with E-state index in [1.807, 2.05) is 0 Å². The lowest BCUT2D eigenvalue weighted by Gasteiger charge is -2.24. The molecule has 0 bridgehead atoms. The molecule has 5 atom stereocenters. The first-order valence-corrected chi connectivity index (χ1v) is 12.2. The number of aromatic nitrogens is 2. The summed E-state index contributed by atoms with van der Waals surface area (Å²) in [7, 11) is -16.4. The standard InChI is InChI=1S/C9H16N5O13P3/c10-9-12-7-6(8(15)13-9)11-3-14(7)4-1-23-5(25-4)2-24-29(19,20)27-30(21,22)26-28(16,17)18/h3-5,9,12H,1-2,10H2,(H,13,15)(H,19,20)(H,21,22)(H2,16,17,18). The molecule has 2 aliphatic heterocycles. The van der Waals surface area contributed by atoms with Crippen LogP contribution in [0.3, 0.4) is 0 Å². The largest absolute Gasteiger partial charge is 0.490 e. The van der Waals surface area contributed by atoms with Gasteiger partial charge >= 0.3 is 23.5 Å². The molecule has 18 nitrogen and oxygen atoms in total. The first-order valence-electron chi connectivity index (χ1n) is 7.70. The molecular weight excluding hydrogens is 479 g/mol. The van der Waals surface area contributed by atoms with Gasteiger partial charge in [-0.1, -0.05) is 0 Å². The molecule has 30 heavy (non-hydrogen) atoms. The second-order valence-corrected chi connectivity index (χ2v) is 10.1. The number of ether oxygens (including phenoxy) is 2. The summed E-state index contributed by atoms with van der Waals surface area (Å²) in [5, 5.41) is 5.17. The quantitative estimate of drug-likeness (QED) is 0.202. The molecule has 0 saturated carbocycles. The Balaban J connectivity index is 1.57. The van der Waals surface area contributed by atoms with E-state index in [1.165, 1.54) is 10.9 Å². The van der Waals surface area contributed by atoms with E-state index in [4.69, 9.17) is 29.9 Å². The van der Waals surface area contributed by atoms with E-state index in [1.54, 1.807) is 0 Å². The van der Waals surface area contributed by atoms with Crippen molar-refractivity contribution in [3.63, 3.8) is 0 Å². The Morgan fingerprint density at radius 3 is 2.57 bits per heavy atom. The molecule has 5 unspecified atom stereocenters. The van der Waals surface area contributed by atoms with Gasteiger partial charge < -0.3 is 39.7 Å². The van der Waals surface area contributed by atoms with Crippen LogP contribution in [0.5, 0.6) is 0 Å². The van der Waals surface area contributed by atoms with E-state index >= 15 is 0 Å². The van der Waals surface area contributed by atoms with Crippen LogP contribution in [0.1, 0.15) is 16.7 Å². The van der Waals surface area contributed by atoms with Crippen molar-refractivity contribution in [1.29, 1.82) is 0 Å². The van der Waals surface area contributed by atoms with E-state index < -0.39 is 54.8 Å². The van der Waals surface area contributed by atoms with Gasteiger partial charge in [0.2, 0.25) is 0 Å². The predicted molar refractivity (Wildman–Crippen MR) is 91.0 cm³/mol. The van der Waals surface area contributed by atoms with Gasteiger partial charge in [0.05, 0.1) is 12.9 Å². The fraction of sp³-hybridized carbons (Fsp3) is 0.556. The molecule has 1 aromatic rings. The molecule has 0 aliphatic carbocycles. The number of nitrogens with one attached hydrogen (secondary N) is 2. The molecule has 0 spiro atoms. The maximum atomic E-state index is 11.8. The first-order chi connectivity index (χ1) is 13.7. The van der Waals surface area contributed by atoms with Crippen LogP contribution in [0, 0.1) is 0 Å². The monoisotopic (exact) mass is 495 g/mol. The van der Waals surface area contributed by atoms with Crippen LogP contribution in [0.4, 0.5) is 5.82 Å². The van der Waals surface area contributed by atoms with Crippen LogP contribution in [-0.4, -0.2) is 60.8 Å². The molecule has 2 aliphatic rings. The number of imidazole rings is 1. The summed E-state index contributed by atoms with van der Waals surface area (Å²) < 4.78 is 57.2. The zero-order valence-electron chi connectivity index (χ0n) is 14.5. The van der Waals surface area contributed by atoms with E-state index in [0.717, 1.165) is 0 Å². The maximum absolute atomic E-state index is 11.8. The minimum Gasteiger partial charge on any atom is -0.345 e. The highest BCUT2D eigenvalue weighted by molar-refractivity contribution is 7.66. The average molecular weight is 495 g/mol. The van der Waals surface area contributed by atoms with Crippen molar-refractivity contribution in [3.8, 4) is 0 Å². The second-order valence-electron chi connectivity index (χ2n) is 5.68. The summed E-state index contributed by atoms with van der Waals surface area (Å²) >= 11 is 0. The number of phosphoric acid groups is 3. The molecule has 0 radical (unpaired) electrons. The highest BCUT2D eigenvalue weighted by atomic mass is 31.3. The summed E-state index contributed by atoms with van der Waals surface area (Å²) in [6.07, 6.45) is -1.71. The summed E-state index contributed by atoms with van der Waals surface area (Å²) in [5.41, 5.74) is 5.68. The first kappa shape index (κ1) is 23.4. The number of rotatable bonds is 8.